The molecule has 8 heteroatoms. The van der Waals surface area contributed by atoms with Gasteiger partial charge in [-0.15, -0.1) is 0 Å². The summed E-state index contributed by atoms with van der Waals surface area (Å²) in [6, 6.07) is 3.36. The Morgan fingerprint density at radius 3 is 2.67 bits per heavy atom. The predicted molar refractivity (Wildman–Crippen MR) is 74.2 cm³/mol. The van der Waals surface area contributed by atoms with Crippen LogP contribution in [0.15, 0.2) is 23.1 Å². The van der Waals surface area contributed by atoms with Gasteiger partial charge in [-0.3, -0.25) is 4.79 Å². The fraction of sp³-hybridized carbons (Fsp3) is 0.308. The van der Waals surface area contributed by atoms with Gasteiger partial charge in [0, 0.05) is 19.7 Å². The number of hydrogen-bond acceptors (Lipinski definition) is 4. The first kappa shape index (κ1) is 17.1. The van der Waals surface area contributed by atoms with Gasteiger partial charge in [0.05, 0.1) is 6.54 Å². The second kappa shape index (κ2) is 7.17. The number of carbonyl (C=O) groups excluding carboxylic acids is 1. The molecule has 0 aliphatic rings. The highest BCUT2D eigenvalue weighted by atomic mass is 32.2. The second-order valence-corrected chi connectivity index (χ2v) is 6.05. The van der Waals surface area contributed by atoms with E-state index in [0.717, 1.165) is 16.4 Å². The van der Waals surface area contributed by atoms with E-state index in [4.69, 9.17) is 5.11 Å². The Bertz CT molecular complexity index is 692. The van der Waals surface area contributed by atoms with E-state index in [1.165, 1.54) is 20.2 Å². The number of sulfonamides is 1. The van der Waals surface area contributed by atoms with Crippen molar-refractivity contribution >= 4 is 15.9 Å². The van der Waals surface area contributed by atoms with Crippen LogP contribution in [0.1, 0.15) is 5.56 Å². The molecule has 0 heterocycles. The third-order valence-corrected chi connectivity index (χ3v) is 4.41. The first-order chi connectivity index (χ1) is 9.82. The standard InChI is InChI=1S/C13H15FN2O4S/c1-15-13(18)9-16(2)21(19,20)12-6-5-10(4-3-7-17)8-11(12)14/h5-6,8,17H,7,9H2,1-2H3,(H,15,18). The number of likely N-dealkylation sites (N-methyl/N-ethyl adjacent to an activating group) is 2. The minimum Gasteiger partial charge on any atom is -0.384 e. The molecule has 114 valence electrons. The van der Waals surface area contributed by atoms with Gasteiger partial charge in [-0.05, 0) is 18.2 Å². The van der Waals surface area contributed by atoms with Crippen LogP contribution in [0, 0.1) is 17.7 Å². The number of halogens is 1. The van der Waals surface area contributed by atoms with E-state index in [1.54, 1.807) is 0 Å². The molecule has 0 fully saturated rings. The number of amides is 1. The SMILES string of the molecule is CNC(=O)CN(C)S(=O)(=O)c1ccc(C#CCO)cc1F. The van der Waals surface area contributed by atoms with Crippen LogP contribution in [0.3, 0.4) is 0 Å². The van der Waals surface area contributed by atoms with E-state index in [-0.39, 0.29) is 12.2 Å². The van der Waals surface area contributed by atoms with Gasteiger partial charge in [0.15, 0.2) is 0 Å². The van der Waals surface area contributed by atoms with E-state index in [2.05, 4.69) is 17.2 Å². The fourth-order valence-electron chi connectivity index (χ4n) is 1.46. The molecule has 0 aliphatic heterocycles. The van der Waals surface area contributed by atoms with Crippen LogP contribution in [0.4, 0.5) is 4.39 Å². The summed E-state index contributed by atoms with van der Waals surface area (Å²) in [6.45, 7) is -0.791. The van der Waals surface area contributed by atoms with Crippen LogP contribution in [0.25, 0.3) is 0 Å². The number of aliphatic hydroxyl groups is 1. The number of nitrogens with zero attached hydrogens (tertiary/aromatic N) is 1. The summed E-state index contributed by atoms with van der Waals surface area (Å²) in [4.78, 5) is 10.7. The lowest BCUT2D eigenvalue weighted by atomic mass is 10.2. The van der Waals surface area contributed by atoms with Gasteiger partial charge in [-0.2, -0.15) is 4.31 Å². The van der Waals surface area contributed by atoms with Gasteiger partial charge in [0.2, 0.25) is 15.9 Å². The van der Waals surface area contributed by atoms with Gasteiger partial charge in [-0.1, -0.05) is 11.8 Å². The van der Waals surface area contributed by atoms with Crippen LogP contribution < -0.4 is 5.32 Å². The van der Waals surface area contributed by atoms with E-state index in [1.807, 2.05) is 0 Å². The monoisotopic (exact) mass is 314 g/mol. The fourth-order valence-corrected chi connectivity index (χ4v) is 2.63. The Balaban J connectivity index is 3.12. The Morgan fingerprint density at radius 2 is 2.14 bits per heavy atom. The summed E-state index contributed by atoms with van der Waals surface area (Å²) in [7, 11) is -1.56. The molecular weight excluding hydrogens is 299 g/mol. The number of benzene rings is 1. The summed E-state index contributed by atoms with van der Waals surface area (Å²) >= 11 is 0. The Kier molecular flexibility index (Phi) is 5.84. The summed E-state index contributed by atoms with van der Waals surface area (Å²) in [5, 5.41) is 10.8. The molecule has 0 saturated carbocycles. The van der Waals surface area contributed by atoms with Crippen LogP contribution in [0.2, 0.25) is 0 Å². The highest BCUT2D eigenvalue weighted by Crippen LogP contribution is 2.19. The molecule has 1 aromatic carbocycles. The van der Waals surface area contributed by atoms with Gasteiger partial charge in [0.25, 0.3) is 0 Å². The molecule has 0 aliphatic carbocycles. The topological polar surface area (TPSA) is 86.7 Å². The minimum absolute atomic E-state index is 0.245. The summed E-state index contributed by atoms with van der Waals surface area (Å²) < 4.78 is 39.0. The molecule has 0 aromatic heterocycles. The van der Waals surface area contributed by atoms with E-state index < -0.39 is 33.2 Å². The zero-order valence-electron chi connectivity index (χ0n) is 11.6. The van der Waals surface area contributed by atoms with Gasteiger partial charge >= 0.3 is 0 Å². The molecule has 0 atom stereocenters. The maximum atomic E-state index is 13.9. The third kappa shape index (κ3) is 4.26. The van der Waals surface area contributed by atoms with Crippen molar-refractivity contribution in [3.63, 3.8) is 0 Å². The second-order valence-electron chi connectivity index (χ2n) is 4.04. The molecule has 0 bridgehead atoms. The normalized spacial score (nSPS) is 10.9. The largest absolute Gasteiger partial charge is 0.384 e. The van der Waals surface area contributed by atoms with Crippen molar-refractivity contribution in [2.24, 2.45) is 0 Å². The molecule has 2 N–H and O–H groups in total. The molecule has 21 heavy (non-hydrogen) atoms. The van der Waals surface area contributed by atoms with Gasteiger partial charge in [-0.25, -0.2) is 12.8 Å². The first-order valence-corrected chi connectivity index (χ1v) is 7.33. The number of carbonyl (C=O) groups is 1. The molecule has 1 aromatic rings. The molecule has 1 rings (SSSR count). The zero-order chi connectivity index (χ0) is 16.0. The molecule has 1 amide bonds. The van der Waals surface area contributed by atoms with Crippen LogP contribution >= 0.6 is 0 Å². The Labute approximate surface area is 122 Å². The smallest absolute Gasteiger partial charge is 0.246 e. The number of aliphatic hydroxyl groups excluding tert-OH is 1. The summed E-state index contributed by atoms with van der Waals surface area (Å²) in [5.41, 5.74) is 0.245. The van der Waals surface area contributed by atoms with Crippen molar-refractivity contribution in [2.75, 3.05) is 27.2 Å². The average molecular weight is 314 g/mol. The number of nitrogens with one attached hydrogen (secondary N) is 1. The maximum Gasteiger partial charge on any atom is 0.246 e. The van der Waals surface area contributed by atoms with E-state index in [9.17, 15) is 17.6 Å². The van der Waals surface area contributed by atoms with Gasteiger partial charge in [0.1, 0.15) is 17.3 Å². The van der Waals surface area contributed by atoms with Crippen molar-refractivity contribution in [2.45, 2.75) is 4.90 Å². The number of hydrogen-bond donors (Lipinski definition) is 2. The Morgan fingerprint density at radius 1 is 1.48 bits per heavy atom. The van der Waals surface area contributed by atoms with Crippen molar-refractivity contribution < 1.29 is 22.7 Å². The highest BCUT2D eigenvalue weighted by molar-refractivity contribution is 7.89. The molecule has 6 nitrogen and oxygen atoms in total. The first-order valence-electron chi connectivity index (χ1n) is 5.89. The molecule has 0 saturated heterocycles. The van der Waals surface area contributed by atoms with Crippen LogP contribution in [-0.2, 0) is 14.8 Å². The van der Waals surface area contributed by atoms with Crippen LogP contribution in [0.5, 0.6) is 0 Å². The molecule has 0 radical (unpaired) electrons. The van der Waals surface area contributed by atoms with Crippen molar-refractivity contribution in [3.8, 4) is 11.8 Å². The molecule has 0 unspecified atom stereocenters. The number of rotatable bonds is 4. The molecular formula is C13H15FN2O4S. The predicted octanol–water partition coefficient (Wildman–Crippen LogP) is -0.464. The lowest BCUT2D eigenvalue weighted by Gasteiger charge is -2.16. The van der Waals surface area contributed by atoms with Crippen molar-refractivity contribution in [1.29, 1.82) is 0 Å². The zero-order valence-corrected chi connectivity index (χ0v) is 12.4. The summed E-state index contributed by atoms with van der Waals surface area (Å²) in [6.07, 6.45) is 0. The maximum absolute atomic E-state index is 13.9. The molecule has 0 spiro atoms. The van der Waals surface area contributed by atoms with Crippen LogP contribution in [-0.4, -0.2) is 51.0 Å². The lowest BCUT2D eigenvalue weighted by Crippen LogP contribution is -2.37. The highest BCUT2D eigenvalue weighted by Gasteiger charge is 2.25. The quantitative estimate of drug-likeness (QED) is 0.736. The van der Waals surface area contributed by atoms with E-state index in [0.29, 0.717) is 0 Å². The third-order valence-electron chi connectivity index (χ3n) is 2.58. The van der Waals surface area contributed by atoms with Crippen molar-refractivity contribution in [1.82, 2.24) is 9.62 Å². The van der Waals surface area contributed by atoms with Crippen molar-refractivity contribution in [3.05, 3.63) is 29.6 Å². The minimum atomic E-state index is -4.11. The Hall–Kier alpha value is -1.95. The van der Waals surface area contributed by atoms with Gasteiger partial charge < -0.3 is 10.4 Å². The summed E-state index contributed by atoms with van der Waals surface area (Å²) in [5.74, 6) is 3.33. The average Bonchev–Trinajstić information content (AvgIpc) is 2.44. The van der Waals surface area contributed by atoms with E-state index >= 15 is 0 Å². The lowest BCUT2D eigenvalue weighted by molar-refractivity contribution is -0.120.